The molecule has 6 nitrogen and oxygen atoms in total. The second-order valence-electron chi connectivity index (χ2n) is 5.70. The molecule has 0 unspecified atom stereocenters. The predicted molar refractivity (Wildman–Crippen MR) is 105 cm³/mol. The predicted octanol–water partition coefficient (Wildman–Crippen LogP) is 3.84. The molecule has 0 fully saturated rings. The minimum absolute atomic E-state index is 0.0345. The maximum absolute atomic E-state index is 12.3. The molecule has 1 amide bonds. The van der Waals surface area contributed by atoms with Gasteiger partial charge in [-0.05, 0) is 48.5 Å². The van der Waals surface area contributed by atoms with Crippen LogP contribution in [0.5, 0.6) is 0 Å². The number of sulfone groups is 1. The molecule has 0 radical (unpaired) electrons. The number of nitrogens with zero attached hydrogens (tertiary/aromatic N) is 2. The summed E-state index contributed by atoms with van der Waals surface area (Å²) in [4.78, 5) is 12.3. The first-order valence-electron chi connectivity index (χ1n) is 8.13. The zero-order valence-corrected chi connectivity index (χ0v) is 16.0. The van der Waals surface area contributed by atoms with E-state index < -0.39 is 9.84 Å². The molecule has 3 rings (SSSR count). The molecule has 1 aromatic heterocycles. The maximum atomic E-state index is 12.3. The van der Waals surface area contributed by atoms with Crippen molar-refractivity contribution in [2.75, 3.05) is 11.1 Å². The SMILES string of the molecule is CCS(=O)(=O)c1ccc(-c2cccc(NC(=O)c3ccc(Cl)cc3)c2)nn1. The van der Waals surface area contributed by atoms with Gasteiger partial charge < -0.3 is 5.32 Å². The number of benzene rings is 2. The quantitative estimate of drug-likeness (QED) is 0.701. The van der Waals surface area contributed by atoms with Gasteiger partial charge in [-0.3, -0.25) is 4.79 Å². The Kier molecular flexibility index (Phi) is 5.53. The molecular weight excluding hydrogens is 386 g/mol. The van der Waals surface area contributed by atoms with E-state index in [0.717, 1.165) is 0 Å². The van der Waals surface area contributed by atoms with Crippen LogP contribution in [0.3, 0.4) is 0 Å². The molecule has 0 saturated heterocycles. The number of amides is 1. The van der Waals surface area contributed by atoms with E-state index in [1.165, 1.54) is 6.07 Å². The molecule has 0 aliphatic carbocycles. The Balaban J connectivity index is 1.81. The molecular formula is C19H16ClN3O3S. The zero-order chi connectivity index (χ0) is 19.4. The lowest BCUT2D eigenvalue weighted by Gasteiger charge is -2.08. The van der Waals surface area contributed by atoms with Gasteiger partial charge in [0, 0.05) is 21.8 Å². The standard InChI is InChI=1S/C19H16ClN3O3S/c1-2-27(25,26)18-11-10-17(22-23-18)14-4-3-5-16(12-14)21-19(24)13-6-8-15(20)9-7-13/h3-12H,2H2,1H3,(H,21,24). The van der Waals surface area contributed by atoms with Crippen molar-refractivity contribution in [3.05, 3.63) is 71.2 Å². The van der Waals surface area contributed by atoms with E-state index in [2.05, 4.69) is 15.5 Å². The average molecular weight is 402 g/mol. The van der Waals surface area contributed by atoms with Gasteiger partial charge in [0.25, 0.3) is 5.91 Å². The van der Waals surface area contributed by atoms with Crippen LogP contribution in [0.1, 0.15) is 17.3 Å². The summed E-state index contributed by atoms with van der Waals surface area (Å²) in [5.74, 6) is -0.299. The highest BCUT2D eigenvalue weighted by Gasteiger charge is 2.14. The first kappa shape index (κ1) is 19.0. The maximum Gasteiger partial charge on any atom is 0.255 e. The van der Waals surface area contributed by atoms with Crippen LogP contribution in [0.25, 0.3) is 11.3 Å². The van der Waals surface area contributed by atoms with Crippen LogP contribution in [0.2, 0.25) is 5.02 Å². The molecule has 0 aliphatic heterocycles. The Morgan fingerprint density at radius 2 is 1.78 bits per heavy atom. The van der Waals surface area contributed by atoms with Crippen LogP contribution in [-0.4, -0.2) is 30.3 Å². The van der Waals surface area contributed by atoms with Crippen molar-refractivity contribution in [1.29, 1.82) is 0 Å². The number of hydrogen-bond donors (Lipinski definition) is 1. The molecule has 138 valence electrons. The third-order valence-corrected chi connectivity index (χ3v) is 5.73. The van der Waals surface area contributed by atoms with Crippen molar-refractivity contribution in [1.82, 2.24) is 10.2 Å². The number of rotatable bonds is 5. The van der Waals surface area contributed by atoms with Crippen molar-refractivity contribution in [2.24, 2.45) is 0 Å². The Hall–Kier alpha value is -2.77. The fraction of sp³-hybridized carbons (Fsp3) is 0.105. The second kappa shape index (κ2) is 7.85. The Morgan fingerprint density at radius 3 is 2.41 bits per heavy atom. The molecule has 2 aromatic carbocycles. The van der Waals surface area contributed by atoms with Crippen molar-refractivity contribution in [3.8, 4) is 11.3 Å². The summed E-state index contributed by atoms with van der Waals surface area (Å²) in [6.45, 7) is 1.55. The lowest BCUT2D eigenvalue weighted by atomic mass is 10.1. The molecule has 3 aromatic rings. The Bertz CT molecular complexity index is 1070. The van der Waals surface area contributed by atoms with Crippen LogP contribution in [0, 0.1) is 0 Å². The zero-order valence-electron chi connectivity index (χ0n) is 14.4. The third kappa shape index (κ3) is 4.50. The summed E-state index contributed by atoms with van der Waals surface area (Å²) in [6, 6.07) is 16.7. The van der Waals surface area contributed by atoms with E-state index in [1.54, 1.807) is 61.5 Å². The minimum Gasteiger partial charge on any atom is -0.322 e. The normalized spacial score (nSPS) is 11.2. The van der Waals surface area contributed by atoms with Crippen LogP contribution in [0.4, 0.5) is 5.69 Å². The van der Waals surface area contributed by atoms with Crippen LogP contribution < -0.4 is 5.32 Å². The molecule has 27 heavy (non-hydrogen) atoms. The van der Waals surface area contributed by atoms with E-state index >= 15 is 0 Å². The minimum atomic E-state index is -3.39. The molecule has 0 spiro atoms. The lowest BCUT2D eigenvalue weighted by molar-refractivity contribution is 0.102. The van der Waals surface area contributed by atoms with E-state index in [4.69, 9.17) is 11.6 Å². The fourth-order valence-electron chi connectivity index (χ4n) is 2.35. The summed E-state index contributed by atoms with van der Waals surface area (Å²) in [7, 11) is -3.39. The molecule has 0 saturated carbocycles. The van der Waals surface area contributed by atoms with Crippen molar-refractivity contribution in [3.63, 3.8) is 0 Å². The first-order chi connectivity index (χ1) is 12.9. The summed E-state index contributed by atoms with van der Waals surface area (Å²) in [5, 5.41) is 11.1. The van der Waals surface area contributed by atoms with Gasteiger partial charge >= 0.3 is 0 Å². The van der Waals surface area contributed by atoms with Gasteiger partial charge in [0.1, 0.15) is 0 Å². The smallest absolute Gasteiger partial charge is 0.255 e. The summed E-state index contributed by atoms with van der Waals surface area (Å²) in [5.41, 5.74) is 2.28. The van der Waals surface area contributed by atoms with E-state index in [0.29, 0.717) is 27.5 Å². The number of carbonyl (C=O) groups excluding carboxylic acids is 1. The van der Waals surface area contributed by atoms with Crippen molar-refractivity contribution in [2.45, 2.75) is 11.9 Å². The van der Waals surface area contributed by atoms with Gasteiger partial charge in [-0.1, -0.05) is 30.7 Å². The topological polar surface area (TPSA) is 89.0 Å². The molecule has 0 atom stereocenters. The number of halogens is 1. The number of nitrogens with one attached hydrogen (secondary N) is 1. The lowest BCUT2D eigenvalue weighted by Crippen LogP contribution is -2.11. The monoisotopic (exact) mass is 401 g/mol. The second-order valence-corrected chi connectivity index (χ2v) is 8.36. The highest BCUT2D eigenvalue weighted by molar-refractivity contribution is 7.91. The van der Waals surface area contributed by atoms with Gasteiger partial charge in [-0.25, -0.2) is 8.42 Å². The number of hydrogen-bond acceptors (Lipinski definition) is 5. The number of anilines is 1. The highest BCUT2D eigenvalue weighted by Crippen LogP contribution is 2.22. The average Bonchev–Trinajstić information content (AvgIpc) is 2.69. The molecule has 0 aliphatic rings. The van der Waals surface area contributed by atoms with Gasteiger partial charge in [0.05, 0.1) is 11.4 Å². The van der Waals surface area contributed by atoms with E-state index in [1.807, 2.05) is 0 Å². The molecule has 0 bridgehead atoms. The first-order valence-corrected chi connectivity index (χ1v) is 10.2. The van der Waals surface area contributed by atoms with Crippen LogP contribution >= 0.6 is 11.6 Å². The Labute approximate surface area is 162 Å². The van der Waals surface area contributed by atoms with Crippen molar-refractivity contribution >= 4 is 33.0 Å². The Morgan fingerprint density at radius 1 is 1.04 bits per heavy atom. The van der Waals surface area contributed by atoms with Gasteiger partial charge in [-0.15, -0.1) is 10.2 Å². The molecule has 1 N–H and O–H groups in total. The number of aromatic nitrogens is 2. The van der Waals surface area contributed by atoms with E-state index in [-0.39, 0.29) is 16.7 Å². The molecule has 1 heterocycles. The highest BCUT2D eigenvalue weighted by atomic mass is 35.5. The summed E-state index contributed by atoms with van der Waals surface area (Å²) >= 11 is 5.83. The van der Waals surface area contributed by atoms with Crippen molar-refractivity contribution < 1.29 is 13.2 Å². The van der Waals surface area contributed by atoms with Crippen LogP contribution in [0.15, 0.2) is 65.7 Å². The largest absolute Gasteiger partial charge is 0.322 e. The summed E-state index contributed by atoms with van der Waals surface area (Å²) < 4.78 is 23.6. The van der Waals surface area contributed by atoms with Crippen LogP contribution in [-0.2, 0) is 9.84 Å². The molecule has 8 heteroatoms. The van der Waals surface area contributed by atoms with Gasteiger partial charge in [-0.2, -0.15) is 0 Å². The van der Waals surface area contributed by atoms with Gasteiger partial charge in [0.15, 0.2) is 14.9 Å². The van der Waals surface area contributed by atoms with Gasteiger partial charge in [0.2, 0.25) is 0 Å². The third-order valence-electron chi connectivity index (χ3n) is 3.86. The number of carbonyl (C=O) groups is 1. The van der Waals surface area contributed by atoms with E-state index in [9.17, 15) is 13.2 Å². The summed E-state index contributed by atoms with van der Waals surface area (Å²) in [6.07, 6.45) is 0. The fourth-order valence-corrected chi connectivity index (χ4v) is 3.21.